The van der Waals surface area contributed by atoms with Crippen molar-refractivity contribution in [3.8, 4) is 10.8 Å². The zero-order valence-electron chi connectivity index (χ0n) is 24.1. The molecule has 0 aliphatic carbocycles. The van der Waals surface area contributed by atoms with Gasteiger partial charge in [-0.15, -0.1) is 11.3 Å². The average molecular weight is 582 g/mol. The Morgan fingerprint density at radius 1 is 1.17 bits per heavy atom. The standard InChI is InChI=1S/C30H35N3O7S/c1-18-22-25(34)33(30(5,6)27(35)40-29(2,3)4)28(36)32(26(22)41-23(18)24-31-13-15-38-24)16-21(19-10-8-7-9-11-19)39-20-12-14-37-17-20/h7-11,13,15,20-21H,12,14,16-17H2,1-6H3. The Morgan fingerprint density at radius 3 is 2.51 bits per heavy atom. The quantitative estimate of drug-likeness (QED) is 0.272. The van der Waals surface area contributed by atoms with Gasteiger partial charge in [-0.1, -0.05) is 30.3 Å². The van der Waals surface area contributed by atoms with Gasteiger partial charge in [-0.05, 0) is 59.1 Å². The van der Waals surface area contributed by atoms with Crippen molar-refractivity contribution in [2.24, 2.45) is 0 Å². The number of esters is 1. The molecule has 1 aromatic carbocycles. The van der Waals surface area contributed by atoms with Crippen LogP contribution < -0.4 is 11.2 Å². The highest BCUT2D eigenvalue weighted by Gasteiger charge is 2.39. The number of oxazole rings is 1. The summed E-state index contributed by atoms with van der Waals surface area (Å²) in [7, 11) is 0. The highest BCUT2D eigenvalue weighted by Crippen LogP contribution is 2.37. The molecule has 2 atom stereocenters. The lowest BCUT2D eigenvalue weighted by molar-refractivity contribution is -0.164. The summed E-state index contributed by atoms with van der Waals surface area (Å²) < 4.78 is 25.8. The number of fused-ring (bicyclic) bond motifs is 1. The monoisotopic (exact) mass is 581 g/mol. The molecular weight excluding hydrogens is 546 g/mol. The first kappa shape index (κ1) is 29.0. The van der Waals surface area contributed by atoms with Crippen molar-refractivity contribution in [2.45, 2.75) is 77.9 Å². The van der Waals surface area contributed by atoms with E-state index in [2.05, 4.69) is 4.98 Å². The van der Waals surface area contributed by atoms with Crippen LogP contribution in [0.15, 0.2) is 56.8 Å². The van der Waals surface area contributed by atoms with E-state index >= 15 is 0 Å². The van der Waals surface area contributed by atoms with Crippen LogP contribution in [0.3, 0.4) is 0 Å². The van der Waals surface area contributed by atoms with E-state index in [1.165, 1.54) is 42.2 Å². The Balaban J connectivity index is 1.74. The summed E-state index contributed by atoms with van der Waals surface area (Å²) in [6.45, 7) is 11.2. The van der Waals surface area contributed by atoms with Gasteiger partial charge in [0.2, 0.25) is 5.89 Å². The van der Waals surface area contributed by atoms with Gasteiger partial charge < -0.3 is 18.6 Å². The lowest BCUT2D eigenvalue weighted by Crippen LogP contribution is -2.54. The van der Waals surface area contributed by atoms with Crippen molar-refractivity contribution >= 4 is 27.5 Å². The molecule has 1 aliphatic rings. The van der Waals surface area contributed by atoms with Crippen molar-refractivity contribution in [3.05, 3.63) is 74.8 Å². The first-order valence-corrected chi connectivity index (χ1v) is 14.4. The molecule has 0 amide bonds. The summed E-state index contributed by atoms with van der Waals surface area (Å²) in [5, 5.41) is 0.315. The molecule has 0 bridgehead atoms. The summed E-state index contributed by atoms with van der Waals surface area (Å²) in [6, 6.07) is 9.64. The molecule has 10 nitrogen and oxygen atoms in total. The second-order valence-corrected chi connectivity index (χ2v) is 12.7. The lowest BCUT2D eigenvalue weighted by atomic mass is 10.0. The van der Waals surface area contributed by atoms with E-state index in [0.29, 0.717) is 39.8 Å². The van der Waals surface area contributed by atoms with E-state index in [0.717, 1.165) is 16.6 Å². The Morgan fingerprint density at radius 2 is 1.90 bits per heavy atom. The molecule has 0 saturated carbocycles. The molecule has 1 saturated heterocycles. The highest BCUT2D eigenvalue weighted by atomic mass is 32.1. The number of aromatic nitrogens is 3. The smallest absolute Gasteiger partial charge is 0.333 e. The number of rotatable bonds is 8. The molecule has 4 aromatic rings. The van der Waals surface area contributed by atoms with Gasteiger partial charge in [0.05, 0.1) is 35.7 Å². The van der Waals surface area contributed by atoms with Gasteiger partial charge in [-0.2, -0.15) is 0 Å². The summed E-state index contributed by atoms with van der Waals surface area (Å²) in [5.41, 5.74) is -2.13. The van der Waals surface area contributed by atoms with Crippen LogP contribution in [0.2, 0.25) is 0 Å². The SMILES string of the molecule is Cc1c(-c2ncco2)sc2c1c(=O)n(C(C)(C)C(=O)OC(C)(C)C)c(=O)n2CC(OC1CCOC1)c1ccccc1. The minimum absolute atomic E-state index is 0.103. The van der Waals surface area contributed by atoms with Gasteiger partial charge in [0.15, 0.2) is 0 Å². The van der Waals surface area contributed by atoms with Gasteiger partial charge in [-0.3, -0.25) is 9.36 Å². The maximum atomic E-state index is 14.3. The van der Waals surface area contributed by atoms with E-state index in [-0.39, 0.29) is 12.6 Å². The minimum atomic E-state index is -1.60. The molecule has 0 spiro atoms. The van der Waals surface area contributed by atoms with Crippen LogP contribution in [0.4, 0.5) is 0 Å². The third-order valence-corrected chi connectivity index (χ3v) is 8.36. The molecule has 11 heteroatoms. The molecule has 0 N–H and O–H groups in total. The van der Waals surface area contributed by atoms with E-state index < -0.39 is 34.5 Å². The number of carbonyl (C=O) groups is 1. The van der Waals surface area contributed by atoms with E-state index in [1.54, 1.807) is 27.7 Å². The third kappa shape index (κ3) is 5.66. The maximum absolute atomic E-state index is 14.3. The molecule has 5 rings (SSSR count). The van der Waals surface area contributed by atoms with Crippen LogP contribution in [-0.4, -0.2) is 45.0 Å². The van der Waals surface area contributed by atoms with Crippen molar-refractivity contribution in [3.63, 3.8) is 0 Å². The molecule has 1 fully saturated rings. The van der Waals surface area contributed by atoms with Crippen molar-refractivity contribution < 1.29 is 23.4 Å². The Kier molecular flexibility index (Phi) is 7.80. The van der Waals surface area contributed by atoms with Crippen LogP contribution in [0.5, 0.6) is 0 Å². The van der Waals surface area contributed by atoms with Gasteiger partial charge in [0.25, 0.3) is 5.56 Å². The molecule has 0 radical (unpaired) electrons. The van der Waals surface area contributed by atoms with Crippen molar-refractivity contribution in [1.82, 2.24) is 14.1 Å². The Bertz CT molecular complexity index is 1650. The molecule has 3 aromatic heterocycles. The minimum Gasteiger partial charge on any atom is -0.458 e. The molecule has 218 valence electrons. The molecule has 41 heavy (non-hydrogen) atoms. The van der Waals surface area contributed by atoms with Gasteiger partial charge >= 0.3 is 11.7 Å². The second-order valence-electron chi connectivity index (χ2n) is 11.7. The summed E-state index contributed by atoms with van der Waals surface area (Å²) >= 11 is 1.25. The largest absolute Gasteiger partial charge is 0.458 e. The second kappa shape index (κ2) is 11.0. The summed E-state index contributed by atoms with van der Waals surface area (Å²) in [4.78, 5) is 47.2. The molecule has 1 aliphatic heterocycles. The number of nitrogens with zero attached hydrogens (tertiary/aromatic N) is 3. The molecular formula is C30H35N3O7S. The van der Waals surface area contributed by atoms with E-state index in [9.17, 15) is 14.4 Å². The first-order chi connectivity index (χ1) is 19.4. The van der Waals surface area contributed by atoms with E-state index in [1.807, 2.05) is 30.3 Å². The zero-order valence-corrected chi connectivity index (χ0v) is 24.9. The summed E-state index contributed by atoms with van der Waals surface area (Å²) in [5.74, 6) is -0.339. The van der Waals surface area contributed by atoms with Crippen molar-refractivity contribution in [2.75, 3.05) is 13.2 Å². The fourth-order valence-electron chi connectivity index (χ4n) is 4.95. The molecule has 4 heterocycles. The number of carbonyl (C=O) groups excluding carboxylic acids is 1. The van der Waals surface area contributed by atoms with E-state index in [4.69, 9.17) is 18.6 Å². The lowest BCUT2D eigenvalue weighted by Gasteiger charge is -2.30. The Hall–Kier alpha value is -3.54. The van der Waals surface area contributed by atoms with Gasteiger partial charge in [0.1, 0.15) is 28.3 Å². The topological polar surface area (TPSA) is 115 Å². The number of ether oxygens (including phenoxy) is 3. The summed E-state index contributed by atoms with van der Waals surface area (Å²) in [6.07, 6.45) is 3.07. The highest BCUT2D eigenvalue weighted by molar-refractivity contribution is 7.22. The van der Waals surface area contributed by atoms with Crippen LogP contribution in [0.1, 0.15) is 58.3 Å². The number of hydrogen-bond donors (Lipinski definition) is 0. The van der Waals surface area contributed by atoms with Crippen LogP contribution in [0, 0.1) is 6.92 Å². The number of thiophene rings is 1. The fraction of sp³-hybridized carbons (Fsp3) is 0.467. The van der Waals surface area contributed by atoms with Crippen LogP contribution in [0.25, 0.3) is 21.0 Å². The third-order valence-electron chi connectivity index (χ3n) is 7.06. The predicted molar refractivity (Wildman–Crippen MR) is 155 cm³/mol. The zero-order chi connectivity index (χ0) is 29.5. The fourth-order valence-corrected chi connectivity index (χ4v) is 6.19. The van der Waals surface area contributed by atoms with Crippen molar-refractivity contribution in [1.29, 1.82) is 0 Å². The van der Waals surface area contributed by atoms with Crippen LogP contribution in [-0.2, 0) is 31.1 Å². The normalized spacial score (nSPS) is 16.8. The van der Waals surface area contributed by atoms with Gasteiger partial charge in [0, 0.05) is 6.61 Å². The Labute approximate surface area is 241 Å². The molecule has 2 unspecified atom stereocenters. The number of aryl methyl sites for hydroxylation is 1. The maximum Gasteiger partial charge on any atom is 0.333 e. The van der Waals surface area contributed by atoms with Crippen LogP contribution >= 0.6 is 11.3 Å². The number of hydrogen-bond acceptors (Lipinski definition) is 9. The predicted octanol–water partition coefficient (Wildman–Crippen LogP) is 4.81. The van der Waals surface area contributed by atoms with Gasteiger partial charge in [-0.25, -0.2) is 19.1 Å². The average Bonchev–Trinajstić information content (AvgIpc) is 3.67. The first-order valence-electron chi connectivity index (χ1n) is 13.6. The number of benzene rings is 1.